The van der Waals surface area contributed by atoms with Crippen LogP contribution in [-0.4, -0.2) is 5.91 Å². The van der Waals surface area contributed by atoms with Crippen LogP contribution in [0.4, 0.5) is 15.8 Å². The van der Waals surface area contributed by atoms with Crippen molar-refractivity contribution in [2.45, 2.75) is 0 Å². The molecule has 1 heterocycles. The Morgan fingerprint density at radius 2 is 2.12 bits per heavy atom. The van der Waals surface area contributed by atoms with Crippen molar-refractivity contribution in [1.82, 2.24) is 0 Å². The van der Waals surface area contributed by atoms with Gasteiger partial charge in [-0.05, 0) is 46.3 Å². The van der Waals surface area contributed by atoms with E-state index in [1.165, 1.54) is 23.5 Å². The van der Waals surface area contributed by atoms with E-state index in [1.807, 2.05) is 0 Å². The summed E-state index contributed by atoms with van der Waals surface area (Å²) in [6.07, 6.45) is 0. The number of anilines is 2. The zero-order valence-corrected chi connectivity index (χ0v) is 10.9. The Balaban J connectivity index is 2.15. The topological polar surface area (TPSA) is 55.1 Å². The number of rotatable bonds is 2. The first kappa shape index (κ1) is 12.1. The molecule has 2 aromatic rings. The molecule has 0 atom stereocenters. The van der Waals surface area contributed by atoms with Gasteiger partial charge in [-0.1, -0.05) is 0 Å². The quantitative estimate of drug-likeness (QED) is 0.834. The van der Waals surface area contributed by atoms with Crippen LogP contribution in [0.2, 0.25) is 0 Å². The zero-order valence-electron chi connectivity index (χ0n) is 8.54. The van der Waals surface area contributed by atoms with Gasteiger partial charge in [0, 0.05) is 5.69 Å². The number of nitrogens with one attached hydrogen (secondary N) is 1. The molecule has 0 radical (unpaired) electrons. The molecule has 17 heavy (non-hydrogen) atoms. The van der Waals surface area contributed by atoms with Gasteiger partial charge in [0.25, 0.3) is 5.91 Å². The molecule has 88 valence electrons. The largest absolute Gasteiger partial charge is 0.396 e. The van der Waals surface area contributed by atoms with E-state index in [2.05, 4.69) is 21.2 Å². The van der Waals surface area contributed by atoms with Gasteiger partial charge in [-0.3, -0.25) is 4.79 Å². The first-order valence-corrected chi connectivity index (χ1v) is 6.29. The average molecular weight is 315 g/mol. The van der Waals surface area contributed by atoms with Crippen LogP contribution in [0.1, 0.15) is 9.67 Å². The number of hydrogen-bond donors (Lipinski definition) is 2. The van der Waals surface area contributed by atoms with Crippen molar-refractivity contribution < 1.29 is 9.18 Å². The maximum Gasteiger partial charge on any atom is 0.265 e. The number of nitrogens with two attached hydrogens (primary N) is 1. The number of benzene rings is 1. The summed E-state index contributed by atoms with van der Waals surface area (Å²) in [5, 5.41) is 2.59. The summed E-state index contributed by atoms with van der Waals surface area (Å²) in [5.41, 5.74) is 5.78. The van der Waals surface area contributed by atoms with E-state index in [9.17, 15) is 9.18 Å². The number of carbonyl (C=O) groups excluding carboxylic acids is 1. The molecule has 3 N–H and O–H groups in total. The van der Waals surface area contributed by atoms with Gasteiger partial charge in [0.05, 0.1) is 14.4 Å². The Hall–Kier alpha value is -1.40. The monoisotopic (exact) mass is 314 g/mol. The third-order valence-electron chi connectivity index (χ3n) is 2.06. The van der Waals surface area contributed by atoms with Crippen LogP contribution in [0.3, 0.4) is 0 Å². The highest BCUT2D eigenvalue weighted by Crippen LogP contribution is 2.23. The summed E-state index contributed by atoms with van der Waals surface area (Å²) in [6, 6.07) is 7.63. The van der Waals surface area contributed by atoms with E-state index < -0.39 is 5.82 Å². The fraction of sp³-hybridized carbons (Fsp3) is 0. The minimum Gasteiger partial charge on any atom is -0.396 e. The van der Waals surface area contributed by atoms with Crippen LogP contribution < -0.4 is 11.1 Å². The number of hydrogen-bond acceptors (Lipinski definition) is 3. The lowest BCUT2D eigenvalue weighted by Gasteiger charge is -2.04. The number of halogens is 2. The standard InChI is InChI=1S/C11H8BrFN2OS/c12-10-4-3-9(17-10)11(16)15-6-1-2-8(14)7(13)5-6/h1-5H,14H2,(H,15,16). The third kappa shape index (κ3) is 2.83. The molecule has 0 fully saturated rings. The summed E-state index contributed by atoms with van der Waals surface area (Å²) >= 11 is 4.58. The van der Waals surface area contributed by atoms with Gasteiger partial charge in [-0.15, -0.1) is 11.3 Å². The highest BCUT2D eigenvalue weighted by molar-refractivity contribution is 9.11. The van der Waals surface area contributed by atoms with Crippen LogP contribution in [0, 0.1) is 5.82 Å². The smallest absolute Gasteiger partial charge is 0.265 e. The van der Waals surface area contributed by atoms with E-state index in [0.29, 0.717) is 10.6 Å². The van der Waals surface area contributed by atoms with Crippen molar-refractivity contribution in [1.29, 1.82) is 0 Å². The Kier molecular flexibility index (Phi) is 3.44. The molecule has 1 aromatic carbocycles. The lowest BCUT2D eigenvalue weighted by atomic mass is 10.2. The molecular formula is C11H8BrFN2OS. The SMILES string of the molecule is Nc1ccc(NC(=O)c2ccc(Br)s2)cc1F. The lowest BCUT2D eigenvalue weighted by molar-refractivity contribution is 0.103. The van der Waals surface area contributed by atoms with E-state index in [0.717, 1.165) is 3.79 Å². The molecule has 0 saturated heterocycles. The second-order valence-electron chi connectivity index (χ2n) is 3.29. The Bertz CT molecular complexity index is 570. The first-order valence-electron chi connectivity index (χ1n) is 4.68. The highest BCUT2D eigenvalue weighted by Gasteiger charge is 2.09. The fourth-order valence-corrected chi connectivity index (χ4v) is 2.52. The Morgan fingerprint density at radius 1 is 1.35 bits per heavy atom. The molecule has 1 amide bonds. The normalized spacial score (nSPS) is 10.2. The van der Waals surface area contributed by atoms with Crippen molar-refractivity contribution in [3.8, 4) is 0 Å². The lowest BCUT2D eigenvalue weighted by Crippen LogP contribution is -2.10. The van der Waals surface area contributed by atoms with Crippen molar-refractivity contribution >= 4 is 44.5 Å². The number of carbonyl (C=O) groups is 1. The van der Waals surface area contributed by atoms with Gasteiger partial charge in [-0.25, -0.2) is 4.39 Å². The summed E-state index contributed by atoms with van der Waals surface area (Å²) in [7, 11) is 0. The molecule has 1 aromatic heterocycles. The minimum absolute atomic E-state index is 0.0573. The Labute approximate surface area is 110 Å². The van der Waals surface area contributed by atoms with Crippen LogP contribution in [0.25, 0.3) is 0 Å². The van der Waals surface area contributed by atoms with Crippen molar-refractivity contribution in [3.05, 3.63) is 44.8 Å². The molecule has 0 spiro atoms. The minimum atomic E-state index is -0.546. The zero-order chi connectivity index (χ0) is 12.4. The van der Waals surface area contributed by atoms with E-state index in [4.69, 9.17) is 5.73 Å². The number of nitrogen functional groups attached to an aromatic ring is 1. The van der Waals surface area contributed by atoms with Gasteiger partial charge in [-0.2, -0.15) is 0 Å². The molecule has 0 aliphatic heterocycles. The van der Waals surface area contributed by atoms with Gasteiger partial charge < -0.3 is 11.1 Å². The molecule has 0 saturated carbocycles. The second kappa shape index (κ2) is 4.85. The Morgan fingerprint density at radius 3 is 2.71 bits per heavy atom. The maximum absolute atomic E-state index is 13.2. The molecule has 0 aliphatic carbocycles. The van der Waals surface area contributed by atoms with Gasteiger partial charge in [0.1, 0.15) is 5.82 Å². The maximum atomic E-state index is 13.2. The average Bonchev–Trinajstić information content (AvgIpc) is 2.70. The summed E-state index contributed by atoms with van der Waals surface area (Å²) < 4.78 is 14.0. The second-order valence-corrected chi connectivity index (χ2v) is 5.76. The summed E-state index contributed by atoms with van der Waals surface area (Å²) in [6.45, 7) is 0. The fourth-order valence-electron chi connectivity index (χ4n) is 1.23. The van der Waals surface area contributed by atoms with Gasteiger partial charge in [0.2, 0.25) is 0 Å². The van der Waals surface area contributed by atoms with Crippen molar-refractivity contribution in [3.63, 3.8) is 0 Å². The van der Waals surface area contributed by atoms with Crippen molar-refractivity contribution in [2.75, 3.05) is 11.1 Å². The number of thiophene rings is 1. The molecule has 0 bridgehead atoms. The molecule has 0 unspecified atom stereocenters. The van der Waals surface area contributed by atoms with Gasteiger partial charge >= 0.3 is 0 Å². The van der Waals surface area contributed by atoms with Crippen LogP contribution in [0.15, 0.2) is 34.1 Å². The highest BCUT2D eigenvalue weighted by atomic mass is 79.9. The van der Waals surface area contributed by atoms with E-state index >= 15 is 0 Å². The molecular weight excluding hydrogens is 307 g/mol. The first-order chi connectivity index (χ1) is 8.06. The van der Waals surface area contributed by atoms with Gasteiger partial charge in [0.15, 0.2) is 0 Å². The third-order valence-corrected chi connectivity index (χ3v) is 3.68. The van der Waals surface area contributed by atoms with E-state index in [1.54, 1.807) is 18.2 Å². The summed E-state index contributed by atoms with van der Waals surface area (Å²) in [5.74, 6) is -0.819. The molecule has 6 heteroatoms. The summed E-state index contributed by atoms with van der Waals surface area (Å²) in [4.78, 5) is 12.3. The van der Waals surface area contributed by atoms with Crippen molar-refractivity contribution in [2.24, 2.45) is 0 Å². The predicted octanol–water partition coefficient (Wildman–Crippen LogP) is 3.48. The predicted molar refractivity (Wildman–Crippen MR) is 70.8 cm³/mol. The van der Waals surface area contributed by atoms with Crippen LogP contribution in [-0.2, 0) is 0 Å². The molecule has 3 nitrogen and oxygen atoms in total. The molecule has 0 aliphatic rings. The number of amides is 1. The molecule has 2 rings (SSSR count). The van der Waals surface area contributed by atoms with Crippen LogP contribution in [0.5, 0.6) is 0 Å². The van der Waals surface area contributed by atoms with E-state index in [-0.39, 0.29) is 11.6 Å². The van der Waals surface area contributed by atoms with Crippen LogP contribution >= 0.6 is 27.3 Å².